The molecule has 0 radical (unpaired) electrons. The first-order valence-corrected chi connectivity index (χ1v) is 8.94. The van der Waals surface area contributed by atoms with Crippen molar-refractivity contribution in [3.8, 4) is 0 Å². The monoisotopic (exact) mass is 340 g/mol. The van der Waals surface area contributed by atoms with E-state index in [2.05, 4.69) is 63.0 Å². The predicted octanol–water partition coefficient (Wildman–Crippen LogP) is 4.83. The number of hydrogen-bond acceptors (Lipinski definition) is 3. The average Bonchev–Trinajstić information content (AvgIpc) is 2.96. The Balaban J connectivity index is 1.78. The molecule has 0 atom stereocenters. The van der Waals surface area contributed by atoms with Crippen LogP contribution < -0.4 is 10.2 Å². The highest BCUT2D eigenvalue weighted by molar-refractivity contribution is 5.93. The Morgan fingerprint density at radius 1 is 1.24 bits per heavy atom. The van der Waals surface area contributed by atoms with E-state index in [0.717, 1.165) is 42.1 Å². The number of benzene rings is 1. The zero-order valence-electron chi connectivity index (χ0n) is 15.9. The molecule has 3 rings (SSSR count). The van der Waals surface area contributed by atoms with Crippen molar-refractivity contribution < 1.29 is 9.21 Å². The molecule has 4 nitrogen and oxygen atoms in total. The van der Waals surface area contributed by atoms with Crippen LogP contribution in [0.5, 0.6) is 0 Å². The van der Waals surface area contributed by atoms with Crippen molar-refractivity contribution in [2.45, 2.75) is 54.0 Å². The third-order valence-electron chi connectivity index (χ3n) is 4.65. The van der Waals surface area contributed by atoms with Crippen LogP contribution in [0.4, 0.5) is 11.4 Å². The second-order valence-corrected chi connectivity index (χ2v) is 8.28. The Kier molecular flexibility index (Phi) is 4.63. The van der Waals surface area contributed by atoms with E-state index in [9.17, 15) is 4.79 Å². The molecule has 4 heteroatoms. The lowest BCUT2D eigenvalue weighted by atomic mass is 9.92. The lowest BCUT2D eigenvalue weighted by molar-refractivity contribution is -0.117. The van der Waals surface area contributed by atoms with Gasteiger partial charge in [0.25, 0.3) is 0 Å². The summed E-state index contributed by atoms with van der Waals surface area (Å²) in [6.07, 6.45) is 3.23. The lowest BCUT2D eigenvalue weighted by Gasteiger charge is -2.29. The van der Waals surface area contributed by atoms with Gasteiger partial charge in [-0.25, -0.2) is 0 Å². The number of rotatable bonds is 3. The van der Waals surface area contributed by atoms with E-state index in [-0.39, 0.29) is 11.3 Å². The maximum Gasteiger partial charge on any atom is 0.224 e. The van der Waals surface area contributed by atoms with Crippen molar-refractivity contribution in [3.05, 3.63) is 46.9 Å². The third kappa shape index (κ3) is 4.06. The summed E-state index contributed by atoms with van der Waals surface area (Å²) in [6, 6.07) is 6.40. The highest BCUT2D eigenvalue weighted by Gasteiger charge is 2.21. The summed E-state index contributed by atoms with van der Waals surface area (Å²) in [5, 5.41) is 3.10. The molecule has 0 fully saturated rings. The summed E-state index contributed by atoms with van der Waals surface area (Å²) in [4.78, 5) is 14.7. The van der Waals surface area contributed by atoms with Crippen LogP contribution in [0.15, 0.2) is 28.9 Å². The van der Waals surface area contributed by atoms with Crippen LogP contribution in [0, 0.1) is 19.3 Å². The molecule has 1 aliphatic rings. The number of fused-ring (bicyclic) bond motifs is 1. The molecule has 0 saturated heterocycles. The van der Waals surface area contributed by atoms with Crippen molar-refractivity contribution in [2.75, 3.05) is 16.8 Å². The number of carbonyl (C=O) groups is 1. The molecule has 0 unspecified atom stereocenters. The first-order chi connectivity index (χ1) is 11.7. The summed E-state index contributed by atoms with van der Waals surface area (Å²) in [5.74, 6) is 1.18. The van der Waals surface area contributed by atoms with Crippen LogP contribution in [0.3, 0.4) is 0 Å². The van der Waals surface area contributed by atoms with E-state index >= 15 is 0 Å². The van der Waals surface area contributed by atoms with Gasteiger partial charge in [-0.3, -0.25) is 4.79 Å². The fourth-order valence-electron chi connectivity index (χ4n) is 3.45. The van der Waals surface area contributed by atoms with E-state index in [1.54, 1.807) is 6.26 Å². The van der Waals surface area contributed by atoms with Gasteiger partial charge in [-0.15, -0.1) is 0 Å². The number of nitrogens with zero attached hydrogens (tertiary/aromatic N) is 1. The van der Waals surface area contributed by atoms with Crippen LogP contribution in [0.1, 0.15) is 49.6 Å². The largest absolute Gasteiger partial charge is 0.469 e. The van der Waals surface area contributed by atoms with Crippen LogP contribution in [0.25, 0.3) is 0 Å². The maximum absolute atomic E-state index is 12.3. The van der Waals surface area contributed by atoms with Crippen molar-refractivity contribution in [1.29, 1.82) is 0 Å². The van der Waals surface area contributed by atoms with Gasteiger partial charge in [0, 0.05) is 42.9 Å². The molecule has 1 aliphatic heterocycles. The summed E-state index contributed by atoms with van der Waals surface area (Å²) in [6.45, 7) is 12.2. The van der Waals surface area contributed by atoms with Crippen molar-refractivity contribution in [2.24, 2.45) is 5.41 Å². The SMILES string of the molecule is Cc1cc(N2CCc3occc3C2)cc(C)c1NC(=O)CC(C)(C)C. The van der Waals surface area contributed by atoms with Gasteiger partial charge < -0.3 is 14.6 Å². The van der Waals surface area contributed by atoms with Gasteiger partial charge in [-0.1, -0.05) is 20.8 Å². The minimum atomic E-state index is -0.0120. The van der Waals surface area contributed by atoms with Crippen LogP contribution in [-0.4, -0.2) is 12.5 Å². The molecule has 0 aliphatic carbocycles. The maximum atomic E-state index is 12.3. The van der Waals surface area contributed by atoms with Gasteiger partial charge in [0.05, 0.1) is 6.26 Å². The number of nitrogens with one attached hydrogen (secondary N) is 1. The standard InChI is InChI=1S/C21H28N2O2/c1-14-10-17(23-8-6-18-16(13-23)7-9-25-18)11-15(2)20(14)22-19(24)12-21(3,4)5/h7,9-11H,6,8,12-13H2,1-5H3,(H,22,24). The molecule has 0 bridgehead atoms. The minimum Gasteiger partial charge on any atom is -0.469 e. The first-order valence-electron chi connectivity index (χ1n) is 8.94. The third-order valence-corrected chi connectivity index (χ3v) is 4.65. The second kappa shape index (κ2) is 6.58. The van der Waals surface area contributed by atoms with Crippen molar-refractivity contribution in [1.82, 2.24) is 0 Å². The number of aryl methyl sites for hydroxylation is 2. The number of furan rings is 1. The van der Waals surface area contributed by atoms with Gasteiger partial charge >= 0.3 is 0 Å². The fourth-order valence-corrected chi connectivity index (χ4v) is 3.45. The lowest BCUT2D eigenvalue weighted by Crippen LogP contribution is -2.29. The predicted molar refractivity (Wildman–Crippen MR) is 102 cm³/mol. The Labute approximate surface area is 150 Å². The minimum absolute atomic E-state index is 0.0120. The summed E-state index contributed by atoms with van der Waals surface area (Å²) in [5.41, 5.74) is 5.62. The smallest absolute Gasteiger partial charge is 0.224 e. The van der Waals surface area contributed by atoms with E-state index < -0.39 is 0 Å². The molecule has 2 aromatic rings. The number of carbonyl (C=O) groups excluding carboxylic acids is 1. The topological polar surface area (TPSA) is 45.5 Å². The molecule has 1 aromatic carbocycles. The Hall–Kier alpha value is -2.23. The van der Waals surface area contributed by atoms with Gasteiger partial charge in [-0.05, 0) is 48.6 Å². The number of hydrogen-bond donors (Lipinski definition) is 1. The highest BCUT2D eigenvalue weighted by atomic mass is 16.3. The number of anilines is 2. The summed E-state index contributed by atoms with van der Waals surface area (Å²) < 4.78 is 5.52. The average molecular weight is 340 g/mol. The molecule has 134 valence electrons. The molecule has 2 heterocycles. The van der Waals surface area contributed by atoms with E-state index in [4.69, 9.17) is 4.42 Å². The summed E-state index contributed by atoms with van der Waals surface area (Å²) in [7, 11) is 0. The normalized spacial score (nSPS) is 14.4. The van der Waals surface area contributed by atoms with E-state index in [1.807, 2.05) is 0 Å². The molecule has 1 amide bonds. The van der Waals surface area contributed by atoms with Gasteiger partial charge in [0.2, 0.25) is 5.91 Å². The van der Waals surface area contributed by atoms with Crippen LogP contribution >= 0.6 is 0 Å². The molecule has 1 N–H and O–H groups in total. The van der Waals surface area contributed by atoms with Crippen LogP contribution in [0.2, 0.25) is 0 Å². The Morgan fingerprint density at radius 2 is 1.92 bits per heavy atom. The van der Waals surface area contributed by atoms with Crippen molar-refractivity contribution in [3.63, 3.8) is 0 Å². The molecule has 25 heavy (non-hydrogen) atoms. The van der Waals surface area contributed by atoms with Gasteiger partial charge in [0.1, 0.15) is 5.76 Å². The fraction of sp³-hybridized carbons (Fsp3) is 0.476. The quantitative estimate of drug-likeness (QED) is 0.870. The van der Waals surface area contributed by atoms with Crippen molar-refractivity contribution >= 4 is 17.3 Å². The molecule has 0 spiro atoms. The second-order valence-electron chi connectivity index (χ2n) is 8.28. The highest BCUT2D eigenvalue weighted by Crippen LogP contribution is 2.31. The van der Waals surface area contributed by atoms with Gasteiger partial charge in [-0.2, -0.15) is 0 Å². The Bertz CT molecular complexity index is 760. The zero-order chi connectivity index (χ0) is 18.2. The van der Waals surface area contributed by atoms with E-state index in [1.165, 1.54) is 11.3 Å². The molecule has 0 saturated carbocycles. The molecule has 1 aromatic heterocycles. The number of amides is 1. The van der Waals surface area contributed by atoms with Crippen LogP contribution in [-0.2, 0) is 17.8 Å². The molecular formula is C21H28N2O2. The first kappa shape index (κ1) is 17.6. The zero-order valence-corrected chi connectivity index (χ0v) is 15.9. The van der Waals surface area contributed by atoms with E-state index in [0.29, 0.717) is 6.42 Å². The molecular weight excluding hydrogens is 312 g/mol. The Morgan fingerprint density at radius 3 is 2.56 bits per heavy atom. The summed E-state index contributed by atoms with van der Waals surface area (Å²) >= 11 is 0. The van der Waals surface area contributed by atoms with Gasteiger partial charge in [0.15, 0.2) is 0 Å².